The third-order valence-electron chi connectivity index (χ3n) is 3.13. The summed E-state index contributed by atoms with van der Waals surface area (Å²) in [5.74, 6) is 0.0141. The van der Waals surface area contributed by atoms with E-state index in [1.165, 1.54) is 12.1 Å². The highest BCUT2D eigenvalue weighted by Gasteiger charge is 2.07. The second kappa shape index (κ2) is 7.95. The Balaban J connectivity index is 1.92. The Bertz CT molecular complexity index is 666. The van der Waals surface area contributed by atoms with E-state index in [0.717, 1.165) is 11.3 Å². The van der Waals surface area contributed by atoms with Gasteiger partial charge in [0.25, 0.3) is 5.91 Å². The second-order valence-corrected chi connectivity index (χ2v) is 4.82. The molecule has 0 saturated carbocycles. The lowest BCUT2D eigenvalue weighted by atomic mass is 10.1. The number of amides is 2. The van der Waals surface area contributed by atoms with Crippen molar-refractivity contribution < 1.29 is 19.5 Å². The highest BCUT2D eigenvalue weighted by molar-refractivity contribution is 5.95. The van der Waals surface area contributed by atoms with Crippen LogP contribution >= 0.6 is 0 Å². The van der Waals surface area contributed by atoms with Gasteiger partial charge in [-0.2, -0.15) is 0 Å². The highest BCUT2D eigenvalue weighted by Crippen LogP contribution is 2.14. The Morgan fingerprint density at radius 2 is 1.70 bits per heavy atom. The largest absolute Gasteiger partial charge is 0.494 e. The molecule has 3 N–H and O–H groups in total. The molecule has 0 saturated heterocycles. The van der Waals surface area contributed by atoms with Gasteiger partial charge in [-0.1, -0.05) is 12.1 Å². The SMILES string of the molecule is CCOc1ccc(CC(=O)Nc2ccc(C(=O)NO)cc2)cc1. The molecule has 120 valence electrons. The van der Waals surface area contributed by atoms with Crippen LogP contribution < -0.4 is 15.5 Å². The highest BCUT2D eigenvalue weighted by atomic mass is 16.5. The monoisotopic (exact) mass is 314 g/mol. The molecule has 0 aliphatic carbocycles. The maximum atomic E-state index is 12.0. The van der Waals surface area contributed by atoms with Crippen molar-refractivity contribution in [2.75, 3.05) is 11.9 Å². The number of benzene rings is 2. The molecule has 0 unspecified atom stereocenters. The van der Waals surface area contributed by atoms with Crippen LogP contribution in [0.2, 0.25) is 0 Å². The summed E-state index contributed by atoms with van der Waals surface area (Å²) < 4.78 is 5.35. The van der Waals surface area contributed by atoms with E-state index in [1.807, 2.05) is 31.2 Å². The van der Waals surface area contributed by atoms with Gasteiger partial charge in [-0.15, -0.1) is 0 Å². The molecule has 2 amide bonds. The van der Waals surface area contributed by atoms with Crippen molar-refractivity contribution in [2.45, 2.75) is 13.3 Å². The zero-order valence-corrected chi connectivity index (χ0v) is 12.7. The Hall–Kier alpha value is -2.86. The molecule has 2 rings (SSSR count). The van der Waals surface area contributed by atoms with Gasteiger partial charge in [-0.05, 0) is 48.9 Å². The minimum absolute atomic E-state index is 0.159. The molecule has 2 aromatic rings. The fourth-order valence-corrected chi connectivity index (χ4v) is 2.03. The van der Waals surface area contributed by atoms with Crippen LogP contribution in [-0.2, 0) is 11.2 Å². The molecule has 0 aliphatic rings. The molecule has 23 heavy (non-hydrogen) atoms. The van der Waals surface area contributed by atoms with Gasteiger partial charge in [0, 0.05) is 11.3 Å². The summed E-state index contributed by atoms with van der Waals surface area (Å²) in [6, 6.07) is 13.6. The number of carbonyl (C=O) groups excluding carboxylic acids is 2. The fraction of sp³-hybridized carbons (Fsp3) is 0.176. The predicted octanol–water partition coefficient (Wildman–Crippen LogP) is 2.39. The Kier molecular flexibility index (Phi) is 5.71. The molecule has 0 heterocycles. The van der Waals surface area contributed by atoms with Crippen LogP contribution in [0.3, 0.4) is 0 Å². The van der Waals surface area contributed by atoms with Crippen LogP contribution in [0.1, 0.15) is 22.8 Å². The first kappa shape index (κ1) is 16.5. The number of hydroxylamine groups is 1. The summed E-state index contributed by atoms with van der Waals surface area (Å²) in [6.07, 6.45) is 0.241. The molecule has 6 nitrogen and oxygen atoms in total. The third-order valence-corrected chi connectivity index (χ3v) is 3.13. The van der Waals surface area contributed by atoms with E-state index >= 15 is 0 Å². The van der Waals surface area contributed by atoms with Gasteiger partial charge in [0.1, 0.15) is 5.75 Å². The average molecular weight is 314 g/mol. The van der Waals surface area contributed by atoms with E-state index in [9.17, 15) is 9.59 Å². The molecular formula is C17H18N2O4. The molecule has 6 heteroatoms. The molecule has 0 bridgehead atoms. The predicted molar refractivity (Wildman–Crippen MR) is 85.6 cm³/mol. The molecule has 0 aromatic heterocycles. The molecular weight excluding hydrogens is 296 g/mol. The van der Waals surface area contributed by atoms with Gasteiger partial charge >= 0.3 is 0 Å². The summed E-state index contributed by atoms with van der Waals surface area (Å²) in [5.41, 5.74) is 3.31. The van der Waals surface area contributed by atoms with Crippen molar-refractivity contribution in [2.24, 2.45) is 0 Å². The lowest BCUT2D eigenvalue weighted by molar-refractivity contribution is -0.115. The molecule has 0 radical (unpaired) electrons. The molecule has 0 atom stereocenters. The molecule has 0 aliphatic heterocycles. The van der Waals surface area contributed by atoms with E-state index in [2.05, 4.69) is 5.32 Å². The molecule has 2 aromatic carbocycles. The van der Waals surface area contributed by atoms with Gasteiger partial charge in [-0.25, -0.2) is 5.48 Å². The minimum Gasteiger partial charge on any atom is -0.494 e. The fourth-order valence-electron chi connectivity index (χ4n) is 2.03. The lowest BCUT2D eigenvalue weighted by Crippen LogP contribution is -2.18. The first-order valence-corrected chi connectivity index (χ1v) is 7.18. The molecule has 0 fully saturated rings. The first-order chi connectivity index (χ1) is 11.1. The Morgan fingerprint density at radius 3 is 2.26 bits per heavy atom. The number of hydrogen-bond donors (Lipinski definition) is 3. The summed E-state index contributed by atoms with van der Waals surface area (Å²) in [4.78, 5) is 23.2. The van der Waals surface area contributed by atoms with E-state index in [-0.39, 0.29) is 12.3 Å². The van der Waals surface area contributed by atoms with Gasteiger partial charge in [-0.3, -0.25) is 14.8 Å². The topological polar surface area (TPSA) is 87.7 Å². The van der Waals surface area contributed by atoms with Crippen molar-refractivity contribution >= 4 is 17.5 Å². The van der Waals surface area contributed by atoms with Gasteiger partial charge < -0.3 is 10.1 Å². The number of ether oxygens (including phenoxy) is 1. The number of carbonyl (C=O) groups is 2. The number of nitrogens with one attached hydrogen (secondary N) is 2. The van der Waals surface area contributed by atoms with Crippen molar-refractivity contribution in [3.8, 4) is 5.75 Å². The number of hydrogen-bond acceptors (Lipinski definition) is 4. The average Bonchev–Trinajstić information content (AvgIpc) is 2.57. The van der Waals surface area contributed by atoms with E-state index in [0.29, 0.717) is 17.9 Å². The van der Waals surface area contributed by atoms with E-state index in [4.69, 9.17) is 9.94 Å². The molecule has 0 spiro atoms. The van der Waals surface area contributed by atoms with Crippen LogP contribution in [-0.4, -0.2) is 23.6 Å². The number of anilines is 1. The van der Waals surface area contributed by atoms with E-state index < -0.39 is 5.91 Å². The smallest absolute Gasteiger partial charge is 0.274 e. The van der Waals surface area contributed by atoms with Crippen LogP contribution in [0.5, 0.6) is 5.75 Å². The lowest BCUT2D eigenvalue weighted by Gasteiger charge is -2.07. The number of rotatable bonds is 6. The maximum absolute atomic E-state index is 12.0. The quantitative estimate of drug-likeness (QED) is 0.564. The minimum atomic E-state index is -0.600. The second-order valence-electron chi connectivity index (χ2n) is 4.82. The standard InChI is InChI=1S/C17H18N2O4/c1-2-23-15-9-3-12(4-10-15)11-16(20)18-14-7-5-13(6-8-14)17(21)19-22/h3-10,22H,2,11H2,1H3,(H,18,20)(H,19,21). The van der Waals surface area contributed by atoms with Crippen molar-refractivity contribution in [1.82, 2.24) is 5.48 Å². The van der Waals surface area contributed by atoms with Crippen LogP contribution in [0.4, 0.5) is 5.69 Å². The summed E-state index contributed by atoms with van der Waals surface area (Å²) >= 11 is 0. The van der Waals surface area contributed by atoms with Crippen molar-refractivity contribution in [3.05, 3.63) is 59.7 Å². The summed E-state index contributed by atoms with van der Waals surface area (Å²) in [6.45, 7) is 2.51. The van der Waals surface area contributed by atoms with Crippen LogP contribution in [0.25, 0.3) is 0 Å². The van der Waals surface area contributed by atoms with E-state index in [1.54, 1.807) is 17.6 Å². The van der Waals surface area contributed by atoms with Gasteiger partial charge in [0.05, 0.1) is 13.0 Å². The third kappa shape index (κ3) is 4.82. The first-order valence-electron chi connectivity index (χ1n) is 7.18. The van der Waals surface area contributed by atoms with Crippen LogP contribution in [0.15, 0.2) is 48.5 Å². The maximum Gasteiger partial charge on any atom is 0.274 e. The van der Waals surface area contributed by atoms with Gasteiger partial charge in [0.15, 0.2) is 0 Å². The van der Waals surface area contributed by atoms with Crippen molar-refractivity contribution in [3.63, 3.8) is 0 Å². The zero-order chi connectivity index (χ0) is 16.7. The Morgan fingerprint density at radius 1 is 1.04 bits per heavy atom. The van der Waals surface area contributed by atoms with Gasteiger partial charge in [0.2, 0.25) is 5.91 Å². The van der Waals surface area contributed by atoms with Crippen LogP contribution in [0, 0.1) is 0 Å². The zero-order valence-electron chi connectivity index (χ0n) is 12.7. The van der Waals surface area contributed by atoms with Crippen molar-refractivity contribution in [1.29, 1.82) is 0 Å². The summed E-state index contributed by atoms with van der Waals surface area (Å²) in [5, 5.41) is 11.3. The summed E-state index contributed by atoms with van der Waals surface area (Å²) in [7, 11) is 0. The normalized spacial score (nSPS) is 10.0. The Labute approximate surface area is 134 Å².